The Kier molecular flexibility index (Phi) is 5.94. The summed E-state index contributed by atoms with van der Waals surface area (Å²) in [6, 6.07) is 0. The molecule has 1 aliphatic rings. The van der Waals surface area contributed by atoms with Crippen LogP contribution in [0.3, 0.4) is 0 Å². The molecule has 0 radical (unpaired) electrons. The Morgan fingerprint density at radius 1 is 1.16 bits per heavy atom. The van der Waals surface area contributed by atoms with Crippen molar-refractivity contribution < 1.29 is 36.2 Å². The van der Waals surface area contributed by atoms with E-state index in [2.05, 4.69) is 0 Å². The Balaban J connectivity index is 0.00000324. The molecule has 0 aliphatic carbocycles. The van der Waals surface area contributed by atoms with E-state index in [0.717, 1.165) is 4.90 Å². The smallest absolute Gasteiger partial charge is 0.393 e. The van der Waals surface area contributed by atoms with Crippen LogP contribution in [0.25, 0.3) is 0 Å². The Morgan fingerprint density at radius 2 is 1.68 bits per heavy atom. The number of nitrogens with zero attached hydrogens (tertiary/aromatic N) is 1. The first-order valence-electron chi connectivity index (χ1n) is 5.09. The van der Waals surface area contributed by atoms with Crippen molar-refractivity contribution >= 4 is 18.4 Å². The predicted molar refractivity (Wildman–Crippen MR) is 55.0 cm³/mol. The molecule has 0 amide bonds. The molecule has 3 nitrogen and oxygen atoms in total. The quantitative estimate of drug-likeness (QED) is 0.814. The molecule has 1 N–H and O–H groups in total. The van der Waals surface area contributed by atoms with Gasteiger partial charge in [-0.15, -0.1) is 12.4 Å². The van der Waals surface area contributed by atoms with Gasteiger partial charge in [-0.1, -0.05) is 0 Å². The molecule has 1 fully saturated rings. The number of aliphatic carboxylic acids is 1. The molecule has 0 aromatic rings. The van der Waals surface area contributed by atoms with Crippen LogP contribution in [-0.2, 0) is 4.79 Å². The van der Waals surface area contributed by atoms with Gasteiger partial charge in [-0.3, -0.25) is 4.79 Å². The third-order valence-corrected chi connectivity index (χ3v) is 2.84. The summed E-state index contributed by atoms with van der Waals surface area (Å²) in [4.78, 5) is 11.5. The van der Waals surface area contributed by atoms with E-state index >= 15 is 0 Å². The third-order valence-electron chi connectivity index (χ3n) is 2.84. The Labute approximate surface area is 111 Å². The molecule has 2 atom stereocenters. The van der Waals surface area contributed by atoms with Crippen molar-refractivity contribution in [2.45, 2.75) is 18.8 Å². The van der Waals surface area contributed by atoms with E-state index in [4.69, 9.17) is 5.11 Å². The molecule has 0 bridgehead atoms. The zero-order valence-corrected chi connectivity index (χ0v) is 10.3. The predicted octanol–water partition coefficient (Wildman–Crippen LogP) is 2.56. The molecule has 10 heteroatoms. The Hall–Kier alpha value is -0.700. The normalized spacial score (nSPS) is 25.2. The number of halogens is 7. The van der Waals surface area contributed by atoms with Crippen molar-refractivity contribution in [3.8, 4) is 0 Å². The van der Waals surface area contributed by atoms with Crippen LogP contribution in [0.15, 0.2) is 0 Å². The molecule has 0 spiro atoms. The van der Waals surface area contributed by atoms with E-state index in [1.54, 1.807) is 0 Å². The van der Waals surface area contributed by atoms with Gasteiger partial charge >= 0.3 is 18.3 Å². The fourth-order valence-electron chi connectivity index (χ4n) is 1.93. The second kappa shape index (κ2) is 6.17. The highest BCUT2D eigenvalue weighted by Crippen LogP contribution is 2.38. The molecule has 114 valence electrons. The third kappa shape index (κ3) is 5.43. The fourth-order valence-corrected chi connectivity index (χ4v) is 1.93. The molecular formula is C9H12ClF6NO2. The minimum absolute atomic E-state index is 0. The molecule has 0 saturated carbocycles. The number of alkyl halides is 6. The van der Waals surface area contributed by atoms with E-state index in [1.807, 2.05) is 0 Å². The molecule has 1 rings (SSSR count). The maximum atomic E-state index is 12.5. The molecule has 0 unspecified atom stereocenters. The summed E-state index contributed by atoms with van der Waals surface area (Å²) < 4.78 is 73.3. The monoisotopic (exact) mass is 315 g/mol. The van der Waals surface area contributed by atoms with Crippen molar-refractivity contribution in [2.75, 3.05) is 19.6 Å². The van der Waals surface area contributed by atoms with Gasteiger partial charge in [-0.05, 0) is 0 Å². The first-order chi connectivity index (χ1) is 8.00. The summed E-state index contributed by atoms with van der Waals surface area (Å²) in [5.74, 6) is -5.44. The second-order valence-electron chi connectivity index (χ2n) is 4.22. The van der Waals surface area contributed by atoms with E-state index in [0.29, 0.717) is 0 Å². The summed E-state index contributed by atoms with van der Waals surface area (Å²) >= 11 is 0. The average molecular weight is 316 g/mol. The first-order valence-corrected chi connectivity index (χ1v) is 5.09. The van der Waals surface area contributed by atoms with Crippen molar-refractivity contribution in [3.05, 3.63) is 0 Å². The number of hydrogen-bond donors (Lipinski definition) is 1. The molecule has 0 aromatic carbocycles. The highest BCUT2D eigenvalue weighted by Gasteiger charge is 2.52. The van der Waals surface area contributed by atoms with Crippen LogP contribution in [0.5, 0.6) is 0 Å². The van der Waals surface area contributed by atoms with Crippen LogP contribution in [0.4, 0.5) is 26.3 Å². The summed E-state index contributed by atoms with van der Waals surface area (Å²) in [5.41, 5.74) is 0. The number of rotatable bonds is 3. The Morgan fingerprint density at radius 3 is 2.00 bits per heavy atom. The molecule has 0 aromatic heterocycles. The largest absolute Gasteiger partial charge is 0.481 e. The van der Waals surface area contributed by atoms with Crippen molar-refractivity contribution in [3.63, 3.8) is 0 Å². The van der Waals surface area contributed by atoms with Crippen LogP contribution in [0.2, 0.25) is 0 Å². The number of hydrogen-bond acceptors (Lipinski definition) is 2. The average Bonchev–Trinajstić information content (AvgIpc) is 2.56. The Bertz CT molecular complexity index is 319. The SMILES string of the molecule is Cl.O=C(O)[C@@H]1CN(CCC(F)(F)F)C[C@H]1C(F)(F)F. The topological polar surface area (TPSA) is 40.5 Å². The molecule has 1 aliphatic heterocycles. The van der Waals surface area contributed by atoms with Gasteiger partial charge in [0, 0.05) is 19.6 Å². The summed E-state index contributed by atoms with van der Waals surface area (Å²) in [7, 11) is 0. The van der Waals surface area contributed by atoms with Gasteiger partial charge in [0.25, 0.3) is 0 Å². The first kappa shape index (κ1) is 18.3. The van der Waals surface area contributed by atoms with Crippen molar-refractivity contribution in [1.29, 1.82) is 0 Å². The van der Waals surface area contributed by atoms with Crippen LogP contribution < -0.4 is 0 Å². The minimum atomic E-state index is -4.71. The number of carboxylic acid groups (broad SMARTS) is 1. The van der Waals surface area contributed by atoms with E-state index in [-0.39, 0.29) is 12.4 Å². The van der Waals surface area contributed by atoms with E-state index in [9.17, 15) is 31.1 Å². The fraction of sp³-hybridized carbons (Fsp3) is 0.889. The van der Waals surface area contributed by atoms with Gasteiger partial charge in [0.15, 0.2) is 0 Å². The maximum absolute atomic E-state index is 12.5. The number of carbonyl (C=O) groups is 1. The maximum Gasteiger partial charge on any atom is 0.393 e. The second-order valence-corrected chi connectivity index (χ2v) is 4.22. The van der Waals surface area contributed by atoms with E-state index < -0.39 is 56.2 Å². The van der Waals surface area contributed by atoms with Crippen LogP contribution in [-0.4, -0.2) is 48.0 Å². The lowest BCUT2D eigenvalue weighted by Crippen LogP contribution is -2.33. The van der Waals surface area contributed by atoms with Gasteiger partial charge < -0.3 is 10.0 Å². The molecule has 19 heavy (non-hydrogen) atoms. The van der Waals surface area contributed by atoms with Gasteiger partial charge in [0.05, 0.1) is 18.3 Å². The zero-order chi connectivity index (χ0) is 14.1. The lowest BCUT2D eigenvalue weighted by atomic mass is 9.96. The highest BCUT2D eigenvalue weighted by molar-refractivity contribution is 5.85. The summed E-state index contributed by atoms with van der Waals surface area (Å²) in [6.45, 7) is -1.81. The van der Waals surface area contributed by atoms with Crippen molar-refractivity contribution in [2.24, 2.45) is 11.8 Å². The zero-order valence-electron chi connectivity index (χ0n) is 9.46. The van der Waals surface area contributed by atoms with Gasteiger partial charge in [-0.25, -0.2) is 0 Å². The van der Waals surface area contributed by atoms with Gasteiger partial charge in [-0.2, -0.15) is 26.3 Å². The highest BCUT2D eigenvalue weighted by atomic mass is 35.5. The number of likely N-dealkylation sites (tertiary alicyclic amines) is 1. The minimum Gasteiger partial charge on any atom is -0.481 e. The lowest BCUT2D eigenvalue weighted by molar-refractivity contribution is -0.188. The summed E-state index contributed by atoms with van der Waals surface area (Å²) in [5, 5.41) is 8.64. The van der Waals surface area contributed by atoms with Crippen LogP contribution in [0, 0.1) is 11.8 Å². The molecular weight excluding hydrogens is 304 g/mol. The lowest BCUT2D eigenvalue weighted by Gasteiger charge is -2.18. The van der Waals surface area contributed by atoms with Gasteiger partial charge in [0.2, 0.25) is 0 Å². The van der Waals surface area contributed by atoms with Gasteiger partial charge in [0.1, 0.15) is 0 Å². The molecule has 1 heterocycles. The van der Waals surface area contributed by atoms with Crippen LogP contribution >= 0.6 is 12.4 Å². The van der Waals surface area contributed by atoms with E-state index in [1.165, 1.54) is 0 Å². The van der Waals surface area contributed by atoms with Crippen molar-refractivity contribution in [1.82, 2.24) is 4.90 Å². The number of carboxylic acids is 1. The summed E-state index contributed by atoms with van der Waals surface area (Å²) in [6.07, 6.45) is -10.4. The van der Waals surface area contributed by atoms with Crippen LogP contribution in [0.1, 0.15) is 6.42 Å². The standard InChI is InChI=1S/C9H11F6NO2.ClH/c10-8(11,12)1-2-16-3-5(7(17)18)6(4-16)9(13,14)15;/h5-6H,1-4H2,(H,17,18);1H/t5-,6-;/m1./s1. The molecule has 1 saturated heterocycles.